The van der Waals surface area contributed by atoms with Crippen molar-refractivity contribution < 1.29 is 0 Å². The summed E-state index contributed by atoms with van der Waals surface area (Å²) >= 11 is 1.74. The van der Waals surface area contributed by atoms with E-state index in [1.54, 1.807) is 35.3 Å². The molecule has 0 saturated carbocycles. The van der Waals surface area contributed by atoms with Gasteiger partial charge in [-0.15, -0.1) is 11.3 Å². The van der Waals surface area contributed by atoms with Crippen molar-refractivity contribution in [1.82, 2.24) is 14.5 Å². The second-order valence-corrected chi connectivity index (χ2v) is 8.03. The van der Waals surface area contributed by atoms with Crippen molar-refractivity contribution in [2.75, 3.05) is 18.0 Å². The molecule has 3 aromatic heterocycles. The summed E-state index contributed by atoms with van der Waals surface area (Å²) in [5.74, 6) is 1.52. The summed E-state index contributed by atoms with van der Waals surface area (Å²) in [5, 5.41) is 1.21. The topological polar surface area (TPSA) is 51.0 Å². The van der Waals surface area contributed by atoms with E-state index in [1.807, 2.05) is 6.20 Å². The number of rotatable bonds is 2. The monoisotopic (exact) mass is 354 g/mol. The van der Waals surface area contributed by atoms with Gasteiger partial charge in [-0.2, -0.15) is 0 Å². The van der Waals surface area contributed by atoms with Crippen LogP contribution < -0.4 is 10.5 Å². The highest BCUT2D eigenvalue weighted by atomic mass is 32.1. The van der Waals surface area contributed by atoms with Crippen LogP contribution in [0.5, 0.6) is 0 Å². The van der Waals surface area contributed by atoms with E-state index in [9.17, 15) is 4.79 Å². The average molecular weight is 354 g/mol. The molecule has 0 atom stereocenters. The molecule has 0 radical (unpaired) electrons. The lowest BCUT2D eigenvalue weighted by Gasteiger charge is -2.33. The molecule has 3 aromatic rings. The molecule has 1 aliphatic heterocycles. The molecule has 4 heterocycles. The molecule has 0 aliphatic carbocycles. The van der Waals surface area contributed by atoms with Gasteiger partial charge in [0.15, 0.2) is 0 Å². The molecule has 1 fully saturated rings. The van der Waals surface area contributed by atoms with Crippen molar-refractivity contribution in [2.45, 2.75) is 32.6 Å². The fraction of sp³-hybridized carbons (Fsp3) is 0.421. The van der Waals surface area contributed by atoms with Gasteiger partial charge in [0, 0.05) is 37.3 Å². The van der Waals surface area contributed by atoms with Crippen LogP contribution in [0.1, 0.15) is 34.8 Å². The molecule has 1 saturated heterocycles. The molecule has 0 aromatic carbocycles. The lowest BCUT2D eigenvalue weighted by molar-refractivity contribution is 0.502. The molecule has 6 heteroatoms. The number of aromatic nitrogens is 3. The number of pyridine rings is 1. The number of hydrogen-bond acceptors (Lipinski definition) is 5. The normalized spacial score (nSPS) is 15.9. The van der Waals surface area contributed by atoms with Crippen LogP contribution in [0.15, 0.2) is 29.5 Å². The molecule has 130 valence electrons. The average Bonchev–Trinajstić information content (AvgIpc) is 2.92. The first kappa shape index (κ1) is 16.3. The molecule has 25 heavy (non-hydrogen) atoms. The third-order valence-electron chi connectivity index (χ3n) is 5.34. The number of aryl methyl sites for hydroxylation is 3. The van der Waals surface area contributed by atoms with Crippen molar-refractivity contribution >= 4 is 27.4 Å². The SMILES string of the molecule is Cc1sc2ncnc(N3CCC(c4ccn(C)c(=O)c4)CC3)c2c1C. The number of piperidine rings is 1. The predicted octanol–water partition coefficient (Wildman–Crippen LogP) is 3.39. The van der Waals surface area contributed by atoms with Crippen LogP contribution in [0.3, 0.4) is 0 Å². The Morgan fingerprint density at radius 2 is 1.96 bits per heavy atom. The van der Waals surface area contributed by atoms with Crippen molar-refractivity contribution in [3.05, 3.63) is 51.0 Å². The van der Waals surface area contributed by atoms with E-state index < -0.39 is 0 Å². The number of hydrogen-bond donors (Lipinski definition) is 0. The Morgan fingerprint density at radius 1 is 1.20 bits per heavy atom. The Hall–Kier alpha value is -2.21. The minimum Gasteiger partial charge on any atom is -0.356 e. The van der Waals surface area contributed by atoms with Crippen LogP contribution in [-0.2, 0) is 7.05 Å². The second kappa shape index (κ2) is 6.26. The van der Waals surface area contributed by atoms with Crippen LogP contribution in [0.4, 0.5) is 5.82 Å². The van der Waals surface area contributed by atoms with E-state index >= 15 is 0 Å². The molecule has 0 amide bonds. The summed E-state index contributed by atoms with van der Waals surface area (Å²) < 4.78 is 1.62. The van der Waals surface area contributed by atoms with Gasteiger partial charge in [-0.1, -0.05) is 0 Å². The minimum atomic E-state index is 0.0711. The first-order valence-electron chi connectivity index (χ1n) is 8.67. The number of fused-ring (bicyclic) bond motifs is 1. The van der Waals surface area contributed by atoms with E-state index in [2.05, 4.69) is 34.8 Å². The number of nitrogens with zero attached hydrogens (tertiary/aromatic N) is 4. The molecule has 0 N–H and O–H groups in total. The van der Waals surface area contributed by atoms with Gasteiger partial charge in [-0.05, 0) is 49.8 Å². The minimum absolute atomic E-state index is 0.0711. The molecular weight excluding hydrogens is 332 g/mol. The molecule has 0 unspecified atom stereocenters. The Labute approximate surface area is 151 Å². The molecule has 4 rings (SSSR count). The van der Waals surface area contributed by atoms with E-state index in [1.165, 1.54) is 15.8 Å². The summed E-state index contributed by atoms with van der Waals surface area (Å²) in [6.45, 7) is 6.22. The van der Waals surface area contributed by atoms with Crippen molar-refractivity contribution in [2.24, 2.45) is 7.05 Å². The first-order valence-corrected chi connectivity index (χ1v) is 9.48. The quantitative estimate of drug-likeness (QED) is 0.708. The third-order valence-corrected chi connectivity index (χ3v) is 6.45. The van der Waals surface area contributed by atoms with Gasteiger partial charge in [0.25, 0.3) is 5.56 Å². The van der Waals surface area contributed by atoms with Crippen molar-refractivity contribution in [1.29, 1.82) is 0 Å². The maximum atomic E-state index is 11.9. The maximum Gasteiger partial charge on any atom is 0.250 e. The second-order valence-electron chi connectivity index (χ2n) is 6.83. The zero-order chi connectivity index (χ0) is 17.6. The van der Waals surface area contributed by atoms with E-state index in [0.717, 1.165) is 42.1 Å². The lowest BCUT2D eigenvalue weighted by Crippen LogP contribution is -2.34. The molecule has 0 bridgehead atoms. The fourth-order valence-corrected chi connectivity index (χ4v) is 4.64. The van der Waals surface area contributed by atoms with Crippen molar-refractivity contribution in [3.63, 3.8) is 0 Å². The van der Waals surface area contributed by atoms with Crippen LogP contribution in [0, 0.1) is 13.8 Å². The molecule has 5 nitrogen and oxygen atoms in total. The van der Waals surface area contributed by atoms with Gasteiger partial charge in [0.1, 0.15) is 17.0 Å². The lowest BCUT2D eigenvalue weighted by atomic mass is 9.90. The molecule has 1 aliphatic rings. The van der Waals surface area contributed by atoms with Crippen LogP contribution in [0.2, 0.25) is 0 Å². The molecule has 0 spiro atoms. The van der Waals surface area contributed by atoms with E-state index in [4.69, 9.17) is 0 Å². The summed E-state index contributed by atoms with van der Waals surface area (Å²) in [7, 11) is 1.79. The largest absolute Gasteiger partial charge is 0.356 e. The summed E-state index contributed by atoms with van der Waals surface area (Å²) in [4.78, 5) is 25.7. The zero-order valence-electron chi connectivity index (χ0n) is 14.8. The Morgan fingerprint density at radius 3 is 2.68 bits per heavy atom. The fourth-order valence-electron chi connectivity index (χ4n) is 3.65. The van der Waals surface area contributed by atoms with Gasteiger partial charge in [-0.25, -0.2) is 9.97 Å². The highest BCUT2D eigenvalue weighted by molar-refractivity contribution is 7.18. The van der Waals surface area contributed by atoms with Gasteiger partial charge in [-0.3, -0.25) is 4.79 Å². The summed E-state index contributed by atoms with van der Waals surface area (Å²) in [6, 6.07) is 3.87. The zero-order valence-corrected chi connectivity index (χ0v) is 15.6. The van der Waals surface area contributed by atoms with Crippen LogP contribution in [0.25, 0.3) is 10.2 Å². The summed E-state index contributed by atoms with van der Waals surface area (Å²) in [6.07, 6.45) is 5.64. The molecular formula is C19H22N4OS. The van der Waals surface area contributed by atoms with Gasteiger partial charge in [0.2, 0.25) is 0 Å². The highest BCUT2D eigenvalue weighted by Crippen LogP contribution is 2.36. The van der Waals surface area contributed by atoms with Crippen LogP contribution in [-0.4, -0.2) is 27.6 Å². The van der Waals surface area contributed by atoms with Crippen molar-refractivity contribution in [3.8, 4) is 0 Å². The first-order chi connectivity index (χ1) is 12.0. The van der Waals surface area contributed by atoms with Gasteiger partial charge in [0.05, 0.1) is 5.39 Å². The smallest absolute Gasteiger partial charge is 0.250 e. The summed E-state index contributed by atoms with van der Waals surface area (Å²) in [5.41, 5.74) is 2.53. The number of anilines is 1. The maximum absolute atomic E-state index is 11.9. The standard InChI is InChI=1S/C19H22N4OS/c1-12-13(2)25-19-17(12)18(20-11-21-19)23-8-5-14(6-9-23)15-4-7-22(3)16(24)10-15/h4,7,10-11,14H,5-6,8-9H2,1-3H3. The Balaban J connectivity index is 1.58. The highest BCUT2D eigenvalue weighted by Gasteiger charge is 2.24. The van der Waals surface area contributed by atoms with Crippen LogP contribution >= 0.6 is 11.3 Å². The number of thiophene rings is 1. The third kappa shape index (κ3) is 2.84. The Bertz CT molecular complexity index is 983. The van der Waals surface area contributed by atoms with E-state index in [0.29, 0.717) is 5.92 Å². The van der Waals surface area contributed by atoms with Gasteiger partial charge < -0.3 is 9.47 Å². The van der Waals surface area contributed by atoms with E-state index in [-0.39, 0.29) is 5.56 Å². The predicted molar refractivity (Wildman–Crippen MR) is 103 cm³/mol. The Kier molecular flexibility index (Phi) is 4.07. The van der Waals surface area contributed by atoms with Gasteiger partial charge >= 0.3 is 0 Å².